The Hall–Kier alpha value is -2.26. The maximum Gasteiger partial charge on any atom is 0.279 e. The Morgan fingerprint density at radius 1 is 1.21 bits per heavy atom. The second kappa shape index (κ2) is 8.83. The van der Waals surface area contributed by atoms with Gasteiger partial charge in [0.05, 0.1) is 21.8 Å². The number of hydrogen-bond acceptors (Lipinski definition) is 3. The van der Waals surface area contributed by atoms with Crippen LogP contribution >= 0.6 is 34.5 Å². The first-order valence-corrected chi connectivity index (χ1v) is 10.4. The van der Waals surface area contributed by atoms with E-state index in [0.717, 1.165) is 29.0 Å². The lowest BCUT2D eigenvalue weighted by Gasteiger charge is -2.20. The molecule has 0 saturated carbocycles. The molecule has 4 nitrogen and oxygen atoms in total. The van der Waals surface area contributed by atoms with Crippen LogP contribution in [0.1, 0.15) is 24.2 Å². The van der Waals surface area contributed by atoms with Crippen molar-refractivity contribution < 1.29 is 4.79 Å². The van der Waals surface area contributed by atoms with Gasteiger partial charge in [0.1, 0.15) is 0 Å². The van der Waals surface area contributed by atoms with Crippen LogP contribution in [0.4, 0.5) is 5.69 Å². The third-order valence-corrected chi connectivity index (χ3v) is 5.92. The highest BCUT2D eigenvalue weighted by atomic mass is 35.5. The van der Waals surface area contributed by atoms with E-state index in [1.165, 1.54) is 11.3 Å². The average molecular weight is 432 g/mol. The molecule has 1 heterocycles. The summed E-state index contributed by atoms with van der Waals surface area (Å²) in [6.45, 7) is 6.27. The summed E-state index contributed by atoms with van der Waals surface area (Å²) >= 11 is 13.8. The lowest BCUT2D eigenvalue weighted by molar-refractivity contribution is 0.0998. The third kappa shape index (κ3) is 4.10. The Balaban J connectivity index is 2.04. The van der Waals surface area contributed by atoms with Crippen LogP contribution in [0.25, 0.3) is 10.2 Å². The summed E-state index contributed by atoms with van der Waals surface area (Å²) in [4.78, 5) is 19.7. The van der Waals surface area contributed by atoms with Crippen LogP contribution in [0.5, 0.6) is 0 Å². The molecule has 0 bridgehead atoms. The van der Waals surface area contributed by atoms with E-state index in [9.17, 15) is 4.79 Å². The smallest absolute Gasteiger partial charge is 0.279 e. The first kappa shape index (κ1) is 20.5. The van der Waals surface area contributed by atoms with Crippen molar-refractivity contribution in [3.05, 3.63) is 56.8 Å². The van der Waals surface area contributed by atoms with Gasteiger partial charge in [-0.05, 0) is 50.2 Å². The van der Waals surface area contributed by atoms with E-state index >= 15 is 0 Å². The minimum absolute atomic E-state index is 0.258. The molecule has 0 fully saturated rings. The summed E-state index contributed by atoms with van der Waals surface area (Å²) in [6, 6.07) is 10.9. The number of carbonyl (C=O) groups is 1. The fourth-order valence-corrected chi connectivity index (χ4v) is 4.82. The normalized spacial score (nSPS) is 11.6. The first-order chi connectivity index (χ1) is 13.5. The van der Waals surface area contributed by atoms with Crippen LogP contribution in [0.2, 0.25) is 10.0 Å². The fourth-order valence-electron chi connectivity index (χ4n) is 3.01. The minimum Gasteiger partial charge on any atom is -0.372 e. The van der Waals surface area contributed by atoms with Gasteiger partial charge in [-0.2, -0.15) is 4.99 Å². The number of hydrogen-bond donors (Lipinski definition) is 0. The molecule has 0 unspecified atom stereocenters. The van der Waals surface area contributed by atoms with E-state index in [2.05, 4.69) is 29.7 Å². The Morgan fingerprint density at radius 3 is 2.50 bits per heavy atom. The molecular weight excluding hydrogens is 413 g/mol. The number of amides is 1. The number of rotatable bonds is 5. The molecule has 7 heteroatoms. The van der Waals surface area contributed by atoms with Crippen molar-refractivity contribution in [1.29, 1.82) is 0 Å². The standard InChI is InChI=1S/C21H19Cl2N3OS/c1-4-11-26-19-17(23)12-15(22)13-18(19)28-21(26)24-20(27)14-7-9-16(10-8-14)25(5-2)6-3/h1,7-10,12-13H,5-6,11H2,2-3H3. The highest BCUT2D eigenvalue weighted by molar-refractivity contribution is 7.16. The van der Waals surface area contributed by atoms with Gasteiger partial charge in [-0.25, -0.2) is 0 Å². The largest absolute Gasteiger partial charge is 0.372 e. The van der Waals surface area contributed by atoms with Gasteiger partial charge in [0.2, 0.25) is 0 Å². The highest BCUT2D eigenvalue weighted by Crippen LogP contribution is 2.29. The number of terminal acetylenes is 1. The Labute approximate surface area is 178 Å². The number of benzene rings is 2. The molecule has 1 amide bonds. The molecule has 3 aromatic rings. The molecule has 0 saturated heterocycles. The average Bonchev–Trinajstić information content (AvgIpc) is 3.00. The van der Waals surface area contributed by atoms with Crippen LogP contribution < -0.4 is 9.70 Å². The quantitative estimate of drug-likeness (QED) is 0.518. The molecule has 1 aromatic heterocycles. The molecule has 3 rings (SSSR count). The summed E-state index contributed by atoms with van der Waals surface area (Å²) in [5, 5.41) is 1.00. The van der Waals surface area contributed by atoms with Crippen molar-refractivity contribution >= 4 is 56.3 Å². The van der Waals surface area contributed by atoms with Gasteiger partial charge in [0.25, 0.3) is 5.91 Å². The fraction of sp³-hybridized carbons (Fsp3) is 0.238. The molecular formula is C21H19Cl2N3OS. The number of carbonyl (C=O) groups excluding carboxylic acids is 1. The van der Waals surface area contributed by atoms with Gasteiger partial charge < -0.3 is 9.47 Å². The maximum absolute atomic E-state index is 12.7. The van der Waals surface area contributed by atoms with Gasteiger partial charge in [0.15, 0.2) is 4.80 Å². The van der Waals surface area contributed by atoms with Crippen molar-refractivity contribution in [2.45, 2.75) is 20.4 Å². The third-order valence-electron chi connectivity index (χ3n) is 4.38. The molecule has 0 atom stereocenters. The molecule has 0 aliphatic heterocycles. The van der Waals surface area contributed by atoms with E-state index in [-0.39, 0.29) is 12.5 Å². The summed E-state index contributed by atoms with van der Waals surface area (Å²) in [5.74, 6) is 2.26. The predicted molar refractivity (Wildman–Crippen MR) is 119 cm³/mol. The van der Waals surface area contributed by atoms with Crippen LogP contribution in [-0.2, 0) is 6.54 Å². The summed E-state index contributed by atoms with van der Waals surface area (Å²) in [7, 11) is 0. The lowest BCUT2D eigenvalue weighted by Crippen LogP contribution is -2.21. The number of fused-ring (bicyclic) bond motifs is 1. The van der Waals surface area contributed by atoms with Gasteiger partial charge in [-0.3, -0.25) is 4.79 Å². The number of aromatic nitrogens is 1. The molecule has 0 aliphatic carbocycles. The Bertz CT molecular complexity index is 1120. The molecule has 28 heavy (non-hydrogen) atoms. The van der Waals surface area contributed by atoms with E-state index in [0.29, 0.717) is 20.4 Å². The molecule has 0 spiro atoms. The number of thiazole rings is 1. The van der Waals surface area contributed by atoms with E-state index in [1.54, 1.807) is 28.8 Å². The van der Waals surface area contributed by atoms with E-state index in [4.69, 9.17) is 29.6 Å². The monoisotopic (exact) mass is 431 g/mol. The van der Waals surface area contributed by atoms with Crippen LogP contribution in [0.15, 0.2) is 41.4 Å². The molecule has 0 N–H and O–H groups in total. The van der Waals surface area contributed by atoms with Crippen molar-refractivity contribution in [3.63, 3.8) is 0 Å². The van der Waals surface area contributed by atoms with Crippen molar-refractivity contribution in [2.75, 3.05) is 18.0 Å². The van der Waals surface area contributed by atoms with Gasteiger partial charge >= 0.3 is 0 Å². The highest BCUT2D eigenvalue weighted by Gasteiger charge is 2.13. The Morgan fingerprint density at radius 2 is 1.89 bits per heavy atom. The second-order valence-corrected chi connectivity index (χ2v) is 7.90. The van der Waals surface area contributed by atoms with E-state index in [1.807, 2.05) is 12.1 Å². The number of nitrogens with zero attached hydrogens (tertiary/aromatic N) is 3. The zero-order valence-corrected chi connectivity index (χ0v) is 17.9. The van der Waals surface area contributed by atoms with Crippen molar-refractivity contribution in [1.82, 2.24) is 4.57 Å². The topological polar surface area (TPSA) is 37.6 Å². The zero-order valence-electron chi connectivity index (χ0n) is 15.6. The lowest BCUT2D eigenvalue weighted by atomic mass is 10.2. The molecule has 144 valence electrons. The summed E-state index contributed by atoms with van der Waals surface area (Å²) < 4.78 is 2.59. The van der Waals surface area contributed by atoms with Gasteiger partial charge in [0, 0.05) is 29.4 Å². The summed E-state index contributed by atoms with van der Waals surface area (Å²) in [6.07, 6.45) is 5.51. The number of halogens is 2. The van der Waals surface area contributed by atoms with Crippen molar-refractivity contribution in [3.8, 4) is 12.3 Å². The van der Waals surface area contributed by atoms with Crippen molar-refractivity contribution in [2.24, 2.45) is 4.99 Å². The zero-order chi connectivity index (χ0) is 20.3. The maximum atomic E-state index is 12.7. The first-order valence-electron chi connectivity index (χ1n) is 8.84. The van der Waals surface area contributed by atoms with Gasteiger partial charge in [-0.1, -0.05) is 40.5 Å². The van der Waals surface area contributed by atoms with Gasteiger partial charge in [-0.15, -0.1) is 6.42 Å². The van der Waals surface area contributed by atoms with E-state index < -0.39 is 0 Å². The summed E-state index contributed by atoms with van der Waals surface area (Å²) in [5.41, 5.74) is 2.33. The molecule has 0 aliphatic rings. The SMILES string of the molecule is C#CCn1c(=NC(=O)c2ccc(N(CC)CC)cc2)sc2cc(Cl)cc(Cl)c21. The number of anilines is 1. The van der Waals surface area contributed by atoms with Crippen LogP contribution in [-0.4, -0.2) is 23.6 Å². The molecule has 0 radical (unpaired) electrons. The second-order valence-electron chi connectivity index (χ2n) is 6.05. The minimum atomic E-state index is -0.328. The van der Waals surface area contributed by atoms with Crippen LogP contribution in [0.3, 0.4) is 0 Å². The Kier molecular flexibility index (Phi) is 6.46. The van der Waals surface area contributed by atoms with Crippen LogP contribution in [0, 0.1) is 12.3 Å². The predicted octanol–water partition coefficient (Wildman–Crippen LogP) is 5.23. The molecule has 2 aromatic carbocycles.